The van der Waals surface area contributed by atoms with Gasteiger partial charge >= 0.3 is 11.7 Å². The average molecular weight is 1010 g/mol. The molecule has 0 unspecified atom stereocenters. The SMILES string of the molecule is CC[C@H]1OC(=O)[C@H](C)C(=O)[C@H](C)[C@@H](O[C@@H]2O[C@H](C)C[C@H](N(C)CCc3cn([C@H](CF)[C@H](OC)c4ccc(S(=O)(=O)C(F)F)cc4)nn3)[C@H]2O)[C@](C)(OC)C[C@@H](C)/C(=N\OCOC)[C@H](C)[C@@H](O)[C@]1(C)O. The summed E-state index contributed by atoms with van der Waals surface area (Å²) in [5.41, 5.74) is -2.24. The van der Waals surface area contributed by atoms with Gasteiger partial charge in [-0.25, -0.2) is 17.5 Å². The van der Waals surface area contributed by atoms with Gasteiger partial charge in [0.25, 0.3) is 0 Å². The fraction of sp³-hybridized carbons (Fsp3) is 0.761. The van der Waals surface area contributed by atoms with Crippen LogP contribution < -0.4 is 0 Å². The van der Waals surface area contributed by atoms with E-state index < -0.39 is 129 Å². The molecule has 69 heavy (non-hydrogen) atoms. The van der Waals surface area contributed by atoms with Gasteiger partial charge in [0.2, 0.25) is 16.6 Å². The van der Waals surface area contributed by atoms with Crippen molar-refractivity contribution in [3.8, 4) is 0 Å². The summed E-state index contributed by atoms with van der Waals surface area (Å²) < 4.78 is 102. The molecule has 23 heteroatoms. The Kier molecular flexibility index (Phi) is 20.7. The van der Waals surface area contributed by atoms with Crippen molar-refractivity contribution in [2.45, 2.75) is 158 Å². The number of rotatable bonds is 18. The van der Waals surface area contributed by atoms with Crippen molar-refractivity contribution in [1.29, 1.82) is 0 Å². The van der Waals surface area contributed by atoms with Crippen molar-refractivity contribution in [2.75, 3.05) is 48.4 Å². The van der Waals surface area contributed by atoms with Crippen LogP contribution >= 0.6 is 0 Å². The number of halogens is 3. The first kappa shape index (κ1) is 57.9. The molecule has 0 radical (unpaired) electrons. The number of likely N-dealkylation sites (N-methyl/N-ethyl adjacent to an activating group) is 1. The lowest BCUT2D eigenvalue weighted by atomic mass is 9.74. The Morgan fingerprint density at radius 1 is 1.04 bits per heavy atom. The minimum atomic E-state index is -4.84. The van der Waals surface area contributed by atoms with E-state index in [-0.39, 0.29) is 19.6 Å². The first-order valence-corrected chi connectivity index (χ1v) is 24.6. The highest BCUT2D eigenvalue weighted by Crippen LogP contribution is 2.39. The summed E-state index contributed by atoms with van der Waals surface area (Å²) in [6.07, 6.45) is -5.56. The Bertz CT molecular complexity index is 2120. The number of esters is 1. The van der Waals surface area contributed by atoms with Gasteiger partial charge < -0.3 is 53.5 Å². The van der Waals surface area contributed by atoms with Crippen LogP contribution in [0.1, 0.15) is 98.1 Å². The zero-order valence-corrected chi connectivity index (χ0v) is 42.3. The Morgan fingerprint density at radius 2 is 1.70 bits per heavy atom. The maximum atomic E-state index is 14.7. The van der Waals surface area contributed by atoms with Gasteiger partial charge in [-0.3, -0.25) is 9.59 Å². The fourth-order valence-electron chi connectivity index (χ4n) is 9.50. The molecule has 15 atom stereocenters. The van der Waals surface area contributed by atoms with Crippen molar-refractivity contribution in [3.05, 3.63) is 41.7 Å². The van der Waals surface area contributed by atoms with Crippen LogP contribution in [0.4, 0.5) is 13.2 Å². The van der Waals surface area contributed by atoms with E-state index in [0.717, 1.165) is 12.1 Å². The molecule has 4 rings (SSSR count). The highest BCUT2D eigenvalue weighted by Gasteiger charge is 2.52. The Morgan fingerprint density at radius 3 is 2.26 bits per heavy atom. The van der Waals surface area contributed by atoms with Crippen LogP contribution in [0.15, 0.2) is 40.5 Å². The van der Waals surface area contributed by atoms with Crippen molar-refractivity contribution < 1.29 is 79.8 Å². The number of ether oxygens (including phenoxy) is 6. The number of ketones is 1. The molecule has 1 aromatic carbocycles. The molecule has 0 saturated carbocycles. The number of sulfone groups is 1. The van der Waals surface area contributed by atoms with Gasteiger partial charge in [0.15, 0.2) is 12.1 Å². The summed E-state index contributed by atoms with van der Waals surface area (Å²) in [5, 5.41) is 48.1. The molecule has 3 heterocycles. The Hall–Kier alpha value is -3.65. The van der Waals surface area contributed by atoms with E-state index >= 15 is 0 Å². The van der Waals surface area contributed by atoms with Crippen LogP contribution in [0, 0.1) is 23.7 Å². The summed E-state index contributed by atoms with van der Waals surface area (Å²) in [5.74, 6) is -8.93. The smallest absolute Gasteiger partial charge is 0.341 e. The molecule has 0 spiro atoms. The van der Waals surface area contributed by atoms with Gasteiger partial charge in [-0.05, 0) is 71.7 Å². The van der Waals surface area contributed by atoms with Crippen LogP contribution in [0.2, 0.25) is 0 Å². The van der Waals surface area contributed by atoms with Crippen molar-refractivity contribution >= 4 is 27.3 Å². The number of methoxy groups -OCH3 is 3. The molecule has 0 amide bonds. The van der Waals surface area contributed by atoms with E-state index in [1.54, 1.807) is 34.7 Å². The van der Waals surface area contributed by atoms with Gasteiger partial charge in [-0.15, -0.1) is 5.10 Å². The summed E-state index contributed by atoms with van der Waals surface area (Å²) in [6, 6.07) is 2.95. The third-order valence-corrected chi connectivity index (χ3v) is 15.1. The molecule has 2 aliphatic rings. The number of aliphatic hydroxyl groups excluding tert-OH is 2. The van der Waals surface area contributed by atoms with Gasteiger partial charge in [0, 0.05) is 64.3 Å². The number of benzene rings is 1. The summed E-state index contributed by atoms with van der Waals surface area (Å²) >= 11 is 0. The largest absolute Gasteiger partial charge is 0.459 e. The van der Waals surface area contributed by atoms with E-state index in [4.69, 9.17) is 33.3 Å². The number of alkyl halides is 3. The van der Waals surface area contributed by atoms with Crippen molar-refractivity contribution in [2.24, 2.45) is 28.8 Å². The molecule has 2 aromatic rings. The second-order valence-corrected chi connectivity index (χ2v) is 20.6. The maximum absolute atomic E-state index is 14.7. The van der Waals surface area contributed by atoms with Gasteiger partial charge in [0.05, 0.1) is 40.2 Å². The number of cyclic esters (lactones) is 1. The Labute approximate surface area is 402 Å². The number of hydrogen-bond donors (Lipinski definition) is 3. The number of aliphatic hydroxyl groups is 3. The van der Waals surface area contributed by atoms with Crippen molar-refractivity contribution in [1.82, 2.24) is 19.9 Å². The van der Waals surface area contributed by atoms with E-state index in [2.05, 4.69) is 15.5 Å². The average Bonchev–Trinajstić information content (AvgIpc) is 3.79. The Balaban J connectivity index is 1.60. The van der Waals surface area contributed by atoms with Gasteiger partial charge in [0.1, 0.15) is 42.5 Å². The second-order valence-electron chi connectivity index (χ2n) is 18.7. The number of Topliss-reactive ketones (excluding diaryl/α,β-unsaturated/α-hetero) is 1. The molecule has 2 fully saturated rings. The molecule has 0 bridgehead atoms. The lowest BCUT2D eigenvalue weighted by Gasteiger charge is -2.47. The number of oxime groups is 1. The summed E-state index contributed by atoms with van der Waals surface area (Å²) in [7, 11) is 1.14. The van der Waals surface area contributed by atoms with Crippen LogP contribution in [0.5, 0.6) is 0 Å². The standard InChI is InChI=1S/C46H72F3N5O14S/c1-13-35-46(8,59)40(57)27(4)36(51-65-24-62-10)25(2)21-45(7,64-12)41(28(5)37(55)29(6)42(58)67-35)68-43-38(56)33(20-26(3)66-43)53(9)19-18-31-23-54(52-50-31)34(22-47)39(63-11)30-14-16-32(17-15-30)69(60,61)44(48)49/h14-17,23,25-29,33-35,38-41,43-44,56-57,59H,13,18-22,24H2,1-12H3/b51-36+/t25-,26-,27+,28+,29-,33+,34-,35-,38-,39-,40-,41-,43+,45-,46-/m1/s1. The van der Waals surface area contributed by atoms with Crippen LogP contribution in [0.3, 0.4) is 0 Å². The van der Waals surface area contributed by atoms with Crippen LogP contribution in [0.25, 0.3) is 0 Å². The van der Waals surface area contributed by atoms with Crippen LogP contribution in [-0.2, 0) is 59.1 Å². The summed E-state index contributed by atoms with van der Waals surface area (Å²) in [6.45, 7) is 12.2. The second kappa shape index (κ2) is 24.7. The molecule has 0 aliphatic carbocycles. The monoisotopic (exact) mass is 1010 g/mol. The third kappa shape index (κ3) is 13.3. The molecular weight excluding hydrogens is 936 g/mol. The fourth-order valence-corrected chi connectivity index (χ4v) is 10.2. The van der Waals surface area contributed by atoms with E-state index in [9.17, 15) is 46.5 Å². The minimum absolute atomic E-state index is 0.102. The molecular formula is C46H72F3N5O14S. The highest BCUT2D eigenvalue weighted by molar-refractivity contribution is 7.91. The third-order valence-electron chi connectivity index (χ3n) is 13.7. The first-order chi connectivity index (χ1) is 32.3. The lowest BCUT2D eigenvalue weighted by Crippen LogP contribution is -2.60. The topological polar surface area (TPSA) is 240 Å². The normalized spacial score (nSPS) is 33.9. The minimum Gasteiger partial charge on any atom is -0.459 e. The molecule has 2 saturated heterocycles. The molecule has 392 valence electrons. The lowest BCUT2D eigenvalue weighted by molar-refractivity contribution is -0.295. The molecule has 19 nitrogen and oxygen atoms in total. The predicted molar refractivity (Wildman–Crippen MR) is 243 cm³/mol. The number of carbonyl (C=O) groups excluding carboxylic acids is 2. The summed E-state index contributed by atoms with van der Waals surface area (Å²) in [4.78, 5) is 34.8. The molecule has 3 N–H and O–H groups in total. The zero-order chi connectivity index (χ0) is 51.8. The number of nitrogens with zero attached hydrogens (tertiary/aromatic N) is 5. The quantitative estimate of drug-likeness (QED) is 0.0623. The molecule has 1 aromatic heterocycles. The van der Waals surface area contributed by atoms with E-state index in [1.807, 2.05) is 18.7 Å². The number of aromatic nitrogens is 3. The molecule has 2 aliphatic heterocycles. The van der Waals surface area contributed by atoms with E-state index in [1.165, 1.54) is 58.2 Å². The van der Waals surface area contributed by atoms with Crippen molar-refractivity contribution in [3.63, 3.8) is 0 Å². The zero-order valence-electron chi connectivity index (χ0n) is 41.5. The maximum Gasteiger partial charge on any atom is 0.341 e. The first-order valence-electron chi connectivity index (χ1n) is 23.0. The van der Waals surface area contributed by atoms with Gasteiger partial charge in [-0.2, -0.15) is 8.78 Å². The number of carbonyl (C=O) groups is 2. The van der Waals surface area contributed by atoms with E-state index in [0.29, 0.717) is 36.4 Å². The van der Waals surface area contributed by atoms with Gasteiger partial charge in [-0.1, -0.05) is 50.2 Å². The predicted octanol–water partition coefficient (Wildman–Crippen LogP) is 4.23. The highest BCUT2D eigenvalue weighted by atomic mass is 32.2. The number of hydrogen-bond acceptors (Lipinski definition) is 18. The van der Waals surface area contributed by atoms with Crippen LogP contribution in [-0.4, -0.2) is 169 Å².